The minimum absolute atomic E-state index is 0.144. The molecule has 33 heavy (non-hydrogen) atoms. The van der Waals surface area contributed by atoms with Gasteiger partial charge in [0.05, 0.1) is 25.7 Å². The number of hydrogen-bond acceptors (Lipinski definition) is 6. The number of imidazole rings is 1. The van der Waals surface area contributed by atoms with Gasteiger partial charge < -0.3 is 14.6 Å². The van der Waals surface area contributed by atoms with Gasteiger partial charge in [-0.2, -0.15) is 15.1 Å². The first-order valence-corrected chi connectivity index (χ1v) is 10.8. The highest BCUT2D eigenvalue weighted by Crippen LogP contribution is 2.32. The summed E-state index contributed by atoms with van der Waals surface area (Å²) in [7, 11) is 1.65. The van der Waals surface area contributed by atoms with Gasteiger partial charge in [-0.1, -0.05) is 23.8 Å². The molecule has 2 N–H and O–H groups in total. The molecule has 8 nitrogen and oxygen atoms in total. The normalized spacial score (nSPS) is 11.2. The van der Waals surface area contributed by atoms with Crippen LogP contribution in [0.3, 0.4) is 0 Å². The number of fused-ring (bicyclic) bond motifs is 1. The summed E-state index contributed by atoms with van der Waals surface area (Å²) in [5.41, 5.74) is 7.16. The molecule has 166 valence electrons. The Morgan fingerprint density at radius 3 is 2.61 bits per heavy atom. The monoisotopic (exact) mass is 459 g/mol. The standard InChI is InChI=1S/C24H22ClN7O/c1-14-4-9-19(18(10-14)20-11-15(2)30-31-20)27-22-21-23(29-24(25)28-22)32(13-26-21)12-16-5-7-17(33-3)8-6-16/h4-11,13H,12H2,1-3H3,(H,30,31)(H,27,28,29). The van der Waals surface area contributed by atoms with Crippen LogP contribution in [0.5, 0.6) is 5.75 Å². The van der Waals surface area contributed by atoms with Crippen molar-refractivity contribution in [2.24, 2.45) is 0 Å². The van der Waals surface area contributed by atoms with E-state index in [1.165, 1.54) is 0 Å². The molecule has 9 heteroatoms. The fraction of sp³-hybridized carbons (Fsp3) is 0.167. The van der Waals surface area contributed by atoms with Crippen molar-refractivity contribution in [3.63, 3.8) is 0 Å². The number of halogens is 1. The van der Waals surface area contributed by atoms with Crippen molar-refractivity contribution in [2.75, 3.05) is 12.4 Å². The summed E-state index contributed by atoms with van der Waals surface area (Å²) in [4.78, 5) is 13.4. The highest BCUT2D eigenvalue weighted by atomic mass is 35.5. The smallest absolute Gasteiger partial charge is 0.226 e. The van der Waals surface area contributed by atoms with Gasteiger partial charge >= 0.3 is 0 Å². The number of benzene rings is 2. The van der Waals surface area contributed by atoms with E-state index in [1.54, 1.807) is 13.4 Å². The molecule has 0 radical (unpaired) electrons. The number of ether oxygens (including phenoxy) is 1. The van der Waals surface area contributed by atoms with Crippen molar-refractivity contribution in [1.82, 2.24) is 29.7 Å². The van der Waals surface area contributed by atoms with Crippen LogP contribution >= 0.6 is 11.6 Å². The molecule has 0 fully saturated rings. The molecular formula is C24H22ClN7O. The number of anilines is 2. The summed E-state index contributed by atoms with van der Waals surface area (Å²) >= 11 is 6.31. The number of rotatable bonds is 6. The third-order valence-electron chi connectivity index (χ3n) is 5.36. The van der Waals surface area contributed by atoms with Gasteiger partial charge in [0.15, 0.2) is 17.0 Å². The molecule has 2 aromatic carbocycles. The lowest BCUT2D eigenvalue weighted by molar-refractivity contribution is 0.414. The molecule has 0 saturated heterocycles. The van der Waals surface area contributed by atoms with Crippen LogP contribution < -0.4 is 10.1 Å². The molecule has 0 aliphatic heterocycles. The first kappa shape index (κ1) is 21.0. The summed E-state index contributed by atoms with van der Waals surface area (Å²) in [5.74, 6) is 1.35. The average molecular weight is 460 g/mol. The summed E-state index contributed by atoms with van der Waals surface area (Å²) < 4.78 is 7.19. The number of H-pyrrole nitrogens is 1. The van der Waals surface area contributed by atoms with Gasteiger partial charge in [-0.05, 0) is 61.3 Å². The second-order valence-electron chi connectivity index (χ2n) is 7.84. The zero-order valence-corrected chi connectivity index (χ0v) is 19.2. The van der Waals surface area contributed by atoms with Crippen molar-refractivity contribution in [1.29, 1.82) is 0 Å². The van der Waals surface area contributed by atoms with E-state index in [9.17, 15) is 0 Å². The Kier molecular flexibility index (Phi) is 5.43. The molecule has 0 unspecified atom stereocenters. The van der Waals surface area contributed by atoms with E-state index in [4.69, 9.17) is 16.3 Å². The quantitative estimate of drug-likeness (QED) is 0.335. The Morgan fingerprint density at radius 1 is 1.06 bits per heavy atom. The fourth-order valence-corrected chi connectivity index (χ4v) is 3.88. The number of hydrogen-bond donors (Lipinski definition) is 2. The van der Waals surface area contributed by atoms with Crippen LogP contribution in [0, 0.1) is 13.8 Å². The molecule has 0 spiro atoms. The number of aromatic nitrogens is 6. The number of aromatic amines is 1. The number of methoxy groups -OCH3 is 1. The third kappa shape index (κ3) is 4.25. The maximum absolute atomic E-state index is 6.31. The first-order chi connectivity index (χ1) is 16.0. The van der Waals surface area contributed by atoms with Crippen LogP contribution in [0.4, 0.5) is 11.5 Å². The highest BCUT2D eigenvalue weighted by molar-refractivity contribution is 6.28. The lowest BCUT2D eigenvalue weighted by Gasteiger charge is -2.12. The van der Waals surface area contributed by atoms with E-state index in [0.717, 1.165) is 39.5 Å². The lowest BCUT2D eigenvalue weighted by Crippen LogP contribution is -2.02. The van der Waals surface area contributed by atoms with Crippen molar-refractivity contribution in [3.05, 3.63) is 77.0 Å². The first-order valence-electron chi connectivity index (χ1n) is 10.4. The molecule has 3 heterocycles. The van der Waals surface area contributed by atoms with Crippen molar-refractivity contribution >= 4 is 34.3 Å². The third-order valence-corrected chi connectivity index (χ3v) is 5.53. The maximum atomic E-state index is 6.31. The van der Waals surface area contributed by atoms with E-state index in [-0.39, 0.29) is 5.28 Å². The summed E-state index contributed by atoms with van der Waals surface area (Å²) in [6.45, 7) is 4.62. The number of aryl methyl sites for hydroxylation is 2. The molecule has 0 aliphatic rings. The summed E-state index contributed by atoms with van der Waals surface area (Å²) in [5, 5.41) is 11.0. The molecular weight excluding hydrogens is 438 g/mol. The predicted octanol–water partition coefficient (Wildman–Crippen LogP) is 5.29. The van der Waals surface area contributed by atoms with Gasteiger partial charge in [-0.15, -0.1) is 0 Å². The molecule has 0 amide bonds. The van der Waals surface area contributed by atoms with Gasteiger partial charge in [0, 0.05) is 16.9 Å². The fourth-order valence-electron chi connectivity index (χ4n) is 3.71. The Morgan fingerprint density at radius 2 is 1.88 bits per heavy atom. The van der Waals surface area contributed by atoms with Gasteiger partial charge in [-0.25, -0.2) is 4.98 Å². The Hall–Kier alpha value is -3.91. The molecule has 0 aliphatic carbocycles. The summed E-state index contributed by atoms with van der Waals surface area (Å²) in [6.07, 6.45) is 1.75. The maximum Gasteiger partial charge on any atom is 0.226 e. The molecule has 5 rings (SSSR count). The van der Waals surface area contributed by atoms with Gasteiger partial charge in [0.2, 0.25) is 5.28 Å². The average Bonchev–Trinajstić information content (AvgIpc) is 3.42. The van der Waals surface area contributed by atoms with Crippen molar-refractivity contribution in [3.8, 4) is 17.0 Å². The minimum Gasteiger partial charge on any atom is -0.497 e. The van der Waals surface area contributed by atoms with Crippen LogP contribution in [0.25, 0.3) is 22.4 Å². The van der Waals surface area contributed by atoms with Gasteiger partial charge in [-0.3, -0.25) is 5.10 Å². The molecule has 5 aromatic rings. The Labute approximate surface area is 195 Å². The van der Waals surface area contributed by atoms with Crippen LogP contribution in [0.15, 0.2) is 54.9 Å². The molecule has 0 atom stereocenters. The van der Waals surface area contributed by atoms with E-state index >= 15 is 0 Å². The number of nitrogens with one attached hydrogen (secondary N) is 2. The van der Waals surface area contributed by atoms with Crippen molar-refractivity contribution < 1.29 is 4.74 Å². The lowest BCUT2D eigenvalue weighted by atomic mass is 10.1. The van der Waals surface area contributed by atoms with Crippen LogP contribution in [0.2, 0.25) is 5.28 Å². The zero-order valence-electron chi connectivity index (χ0n) is 18.4. The van der Waals surface area contributed by atoms with E-state index in [1.807, 2.05) is 60.9 Å². The highest BCUT2D eigenvalue weighted by Gasteiger charge is 2.16. The number of nitrogens with zero attached hydrogens (tertiary/aromatic N) is 5. The van der Waals surface area contributed by atoms with E-state index in [0.29, 0.717) is 23.5 Å². The second kappa shape index (κ2) is 8.55. The minimum atomic E-state index is 0.144. The van der Waals surface area contributed by atoms with E-state index in [2.05, 4.69) is 36.5 Å². The molecule has 3 aromatic heterocycles. The topological polar surface area (TPSA) is 93.5 Å². The van der Waals surface area contributed by atoms with Crippen molar-refractivity contribution in [2.45, 2.75) is 20.4 Å². The second-order valence-corrected chi connectivity index (χ2v) is 8.18. The van der Waals surface area contributed by atoms with Crippen LogP contribution in [0.1, 0.15) is 16.8 Å². The SMILES string of the molecule is COc1ccc(Cn2cnc3c(Nc4ccc(C)cc4-c4cc(C)[nH]n4)nc(Cl)nc32)cc1. The zero-order chi connectivity index (χ0) is 22.9. The molecule has 0 saturated carbocycles. The van der Waals surface area contributed by atoms with Gasteiger partial charge in [0.1, 0.15) is 5.75 Å². The van der Waals surface area contributed by atoms with Gasteiger partial charge in [0.25, 0.3) is 0 Å². The Bertz CT molecular complexity index is 1440. The van der Waals surface area contributed by atoms with Crippen LogP contribution in [-0.2, 0) is 6.54 Å². The molecule has 0 bridgehead atoms. The largest absolute Gasteiger partial charge is 0.497 e. The predicted molar refractivity (Wildman–Crippen MR) is 129 cm³/mol. The summed E-state index contributed by atoms with van der Waals surface area (Å²) in [6, 6.07) is 16.0. The van der Waals surface area contributed by atoms with E-state index < -0.39 is 0 Å². The van der Waals surface area contributed by atoms with Crippen LogP contribution in [-0.4, -0.2) is 36.8 Å². The Balaban J connectivity index is 1.52.